The van der Waals surface area contributed by atoms with E-state index in [1.165, 1.54) is 11.8 Å². The highest BCUT2D eigenvalue weighted by Crippen LogP contribution is 2.17. The van der Waals surface area contributed by atoms with Crippen molar-refractivity contribution in [1.82, 2.24) is 5.27 Å². The number of nitrogens with zero attached hydrogens (tertiary/aromatic N) is 1. The summed E-state index contributed by atoms with van der Waals surface area (Å²) >= 11 is 1.02. The topological polar surface area (TPSA) is 105 Å². The zero-order chi connectivity index (χ0) is 20.1. The highest BCUT2D eigenvalue weighted by molar-refractivity contribution is 7.99. The summed E-state index contributed by atoms with van der Waals surface area (Å²) in [5, 5.41) is 5.43. The molecule has 0 saturated heterocycles. The molecule has 144 valence electrons. The molecule has 0 aliphatic rings. The predicted octanol–water partition coefficient (Wildman–Crippen LogP) is 2.07. The monoisotopic (exact) mass is 400 g/mol. The smallest absolute Gasteiger partial charge is 0.442 e. The SMILES string of the molecule is COC(=O)c1ccccc1NC(=O)CSc1c(=O)o[nH][n+]1-c1ccc(C)cc1. The molecule has 0 aliphatic carbocycles. The van der Waals surface area contributed by atoms with E-state index < -0.39 is 11.6 Å². The molecule has 0 aliphatic heterocycles. The Morgan fingerprint density at radius 3 is 2.61 bits per heavy atom. The second kappa shape index (κ2) is 8.57. The summed E-state index contributed by atoms with van der Waals surface area (Å²) in [6, 6.07) is 14.0. The van der Waals surface area contributed by atoms with Gasteiger partial charge in [0.25, 0.3) is 0 Å². The molecule has 1 amide bonds. The maximum atomic E-state index is 12.3. The fourth-order valence-corrected chi connectivity index (χ4v) is 3.22. The molecule has 28 heavy (non-hydrogen) atoms. The number of carbonyl (C=O) groups excluding carboxylic acids is 2. The summed E-state index contributed by atoms with van der Waals surface area (Å²) in [6.07, 6.45) is 0. The maximum Gasteiger partial charge on any atom is 0.442 e. The number of ether oxygens (including phenoxy) is 1. The van der Waals surface area contributed by atoms with Crippen molar-refractivity contribution < 1.29 is 23.5 Å². The largest absolute Gasteiger partial charge is 0.465 e. The van der Waals surface area contributed by atoms with E-state index >= 15 is 0 Å². The van der Waals surface area contributed by atoms with Gasteiger partial charge in [-0.2, -0.15) is 0 Å². The normalized spacial score (nSPS) is 10.5. The van der Waals surface area contributed by atoms with Crippen LogP contribution in [-0.4, -0.2) is 30.0 Å². The number of anilines is 1. The highest BCUT2D eigenvalue weighted by atomic mass is 32.2. The highest BCUT2D eigenvalue weighted by Gasteiger charge is 2.25. The first-order valence-corrected chi connectivity index (χ1v) is 9.28. The van der Waals surface area contributed by atoms with Crippen LogP contribution in [-0.2, 0) is 9.53 Å². The molecule has 0 spiro atoms. The Balaban J connectivity index is 1.73. The molecule has 8 nitrogen and oxygen atoms in total. The summed E-state index contributed by atoms with van der Waals surface area (Å²) < 4.78 is 11.0. The molecular formula is C19H18N3O5S+. The number of amides is 1. The van der Waals surface area contributed by atoms with Gasteiger partial charge in [-0.05, 0) is 40.8 Å². The first-order valence-electron chi connectivity index (χ1n) is 8.30. The van der Waals surface area contributed by atoms with Crippen LogP contribution in [0.1, 0.15) is 15.9 Å². The minimum atomic E-state index is -0.576. The fourth-order valence-electron chi connectivity index (χ4n) is 2.45. The molecule has 1 heterocycles. The molecule has 3 rings (SSSR count). The van der Waals surface area contributed by atoms with Gasteiger partial charge in [-0.25, -0.2) is 9.59 Å². The number of nitrogens with one attached hydrogen (secondary N) is 2. The van der Waals surface area contributed by atoms with Gasteiger partial charge in [-0.15, -0.1) is 0 Å². The van der Waals surface area contributed by atoms with E-state index in [1.54, 1.807) is 24.3 Å². The van der Waals surface area contributed by atoms with Gasteiger partial charge in [0, 0.05) is 12.1 Å². The molecule has 1 aromatic heterocycles. The zero-order valence-corrected chi connectivity index (χ0v) is 16.0. The van der Waals surface area contributed by atoms with E-state index in [1.807, 2.05) is 31.2 Å². The quantitative estimate of drug-likeness (QED) is 0.373. The summed E-state index contributed by atoms with van der Waals surface area (Å²) in [6.45, 7) is 1.96. The lowest BCUT2D eigenvalue weighted by atomic mass is 10.2. The molecule has 0 saturated carbocycles. The van der Waals surface area contributed by atoms with E-state index in [0.717, 1.165) is 17.3 Å². The Labute approximate surface area is 164 Å². The lowest BCUT2D eigenvalue weighted by molar-refractivity contribution is -0.704. The molecule has 0 fully saturated rings. The Morgan fingerprint density at radius 1 is 1.18 bits per heavy atom. The van der Waals surface area contributed by atoms with E-state index in [0.29, 0.717) is 11.4 Å². The number of H-pyrrole nitrogens is 1. The van der Waals surface area contributed by atoms with E-state index in [-0.39, 0.29) is 22.2 Å². The van der Waals surface area contributed by atoms with E-state index in [4.69, 9.17) is 9.26 Å². The van der Waals surface area contributed by atoms with Gasteiger partial charge in [0.15, 0.2) is 0 Å². The molecular weight excluding hydrogens is 382 g/mol. The van der Waals surface area contributed by atoms with E-state index in [2.05, 4.69) is 10.6 Å². The molecule has 3 aromatic rings. The van der Waals surface area contributed by atoms with Crippen LogP contribution in [0.4, 0.5) is 5.69 Å². The molecule has 0 atom stereocenters. The van der Waals surface area contributed by atoms with Crippen molar-refractivity contribution in [3.05, 3.63) is 70.1 Å². The number of aryl methyl sites for hydroxylation is 1. The summed E-state index contributed by atoms with van der Waals surface area (Å²) in [5.41, 5.74) is 1.79. The van der Waals surface area contributed by atoms with Gasteiger partial charge in [0.1, 0.15) is 0 Å². The third-order valence-corrected chi connectivity index (χ3v) is 4.88. The van der Waals surface area contributed by atoms with Crippen LogP contribution in [0.15, 0.2) is 62.9 Å². The van der Waals surface area contributed by atoms with Crippen LogP contribution < -0.4 is 15.6 Å². The summed E-state index contributed by atoms with van der Waals surface area (Å²) in [4.78, 5) is 36.1. The zero-order valence-electron chi connectivity index (χ0n) is 15.2. The van der Waals surface area contributed by atoms with Crippen molar-refractivity contribution in [2.24, 2.45) is 0 Å². The molecule has 2 N–H and O–H groups in total. The van der Waals surface area contributed by atoms with Crippen molar-refractivity contribution in [2.75, 3.05) is 18.2 Å². The van der Waals surface area contributed by atoms with Crippen LogP contribution >= 0.6 is 11.8 Å². The molecule has 0 radical (unpaired) electrons. The summed E-state index contributed by atoms with van der Waals surface area (Å²) in [5.74, 6) is -0.978. The second-order valence-electron chi connectivity index (χ2n) is 5.83. The Hall–Kier alpha value is -3.33. The third kappa shape index (κ3) is 4.32. The number of aromatic amines is 1. The number of rotatable bonds is 6. The van der Waals surface area contributed by atoms with Gasteiger partial charge in [-0.1, -0.05) is 29.8 Å². The van der Waals surface area contributed by atoms with E-state index in [9.17, 15) is 14.4 Å². The van der Waals surface area contributed by atoms with Gasteiger partial charge < -0.3 is 10.1 Å². The van der Waals surface area contributed by atoms with Crippen molar-refractivity contribution in [2.45, 2.75) is 11.9 Å². The van der Waals surface area contributed by atoms with Gasteiger partial charge in [-0.3, -0.25) is 9.32 Å². The number of methoxy groups -OCH3 is 1. The van der Waals surface area contributed by atoms with Crippen LogP contribution in [0.25, 0.3) is 5.69 Å². The van der Waals surface area contributed by atoms with Crippen LogP contribution in [0.3, 0.4) is 0 Å². The minimum Gasteiger partial charge on any atom is -0.465 e. The van der Waals surface area contributed by atoms with Crippen LogP contribution in [0.5, 0.6) is 0 Å². The van der Waals surface area contributed by atoms with Crippen molar-refractivity contribution >= 4 is 29.3 Å². The van der Waals surface area contributed by atoms with Gasteiger partial charge in [0.05, 0.1) is 24.1 Å². The minimum absolute atomic E-state index is 0.0516. The molecule has 0 unspecified atom stereocenters. The second-order valence-corrected chi connectivity index (χ2v) is 6.79. The number of thioether (sulfide) groups is 1. The first kappa shape index (κ1) is 19.4. The van der Waals surface area contributed by atoms with Crippen molar-refractivity contribution in [3.63, 3.8) is 0 Å². The van der Waals surface area contributed by atoms with Gasteiger partial charge >= 0.3 is 16.6 Å². The van der Waals surface area contributed by atoms with Crippen molar-refractivity contribution in [1.29, 1.82) is 0 Å². The number of hydrogen-bond acceptors (Lipinski definition) is 6. The predicted molar refractivity (Wildman–Crippen MR) is 103 cm³/mol. The average molecular weight is 400 g/mol. The lowest BCUT2D eigenvalue weighted by Crippen LogP contribution is -2.36. The van der Waals surface area contributed by atoms with Crippen LogP contribution in [0, 0.1) is 6.92 Å². The number of para-hydroxylation sites is 1. The number of hydrogen-bond donors (Lipinski definition) is 2. The molecule has 2 aromatic carbocycles. The number of benzene rings is 2. The molecule has 9 heteroatoms. The summed E-state index contributed by atoms with van der Waals surface area (Å²) in [7, 11) is 1.27. The van der Waals surface area contributed by atoms with Gasteiger partial charge in [0.2, 0.25) is 11.6 Å². The Morgan fingerprint density at radius 2 is 1.89 bits per heavy atom. The standard InChI is InChI=1S/C19H17N3O5S/c1-12-7-9-13(10-8-12)22-17(19(25)27-21-22)28-11-16(23)20-15-6-4-3-5-14(15)18(24)26-2/h3-10H,11H2,1-2H3,(H-,20,21,23,24,25)/p+1. The lowest BCUT2D eigenvalue weighted by Gasteiger charge is -2.08. The molecule has 0 bridgehead atoms. The Bertz CT molecular complexity index is 1060. The van der Waals surface area contributed by atoms with Crippen LogP contribution in [0.2, 0.25) is 0 Å². The Kier molecular flexibility index (Phi) is 5.95. The maximum absolute atomic E-state index is 12.3. The van der Waals surface area contributed by atoms with Crippen molar-refractivity contribution in [3.8, 4) is 5.69 Å². The number of carbonyl (C=O) groups is 2. The first-order chi connectivity index (χ1) is 13.5. The fraction of sp³-hybridized carbons (Fsp3) is 0.158. The third-order valence-electron chi connectivity index (χ3n) is 3.85. The average Bonchev–Trinajstić information content (AvgIpc) is 3.07. The number of aromatic nitrogens is 2. The number of esters is 1.